The summed E-state index contributed by atoms with van der Waals surface area (Å²) in [6, 6.07) is 12.4. The topological polar surface area (TPSA) is 39.1 Å². The summed E-state index contributed by atoms with van der Waals surface area (Å²) < 4.78 is 20.9. The molecule has 0 spiro atoms. The maximum absolute atomic E-state index is 13.8. The fraction of sp³-hybridized carbons (Fsp3) is 0.167. The number of halogens is 2. The third kappa shape index (κ3) is 3.21. The Morgan fingerprint density at radius 2 is 1.96 bits per heavy atom. The van der Waals surface area contributed by atoms with Crippen molar-refractivity contribution in [3.63, 3.8) is 0 Å². The quantitative estimate of drug-likeness (QED) is 0.740. The summed E-state index contributed by atoms with van der Waals surface area (Å²) in [5.41, 5.74) is 2.38. The monoisotopic (exact) mass is 345 g/mol. The molecule has 0 amide bonds. The van der Waals surface area contributed by atoms with Crippen LogP contribution in [0.2, 0.25) is 5.02 Å². The molecule has 24 heavy (non-hydrogen) atoms. The SMILES string of the molecule is COc1ccc(-c2cnc(NCc3c(F)cccc3Cl)n2C)cc1. The summed E-state index contributed by atoms with van der Waals surface area (Å²) in [4.78, 5) is 4.36. The van der Waals surface area contributed by atoms with Gasteiger partial charge in [0, 0.05) is 29.7 Å². The van der Waals surface area contributed by atoms with Gasteiger partial charge in [-0.3, -0.25) is 0 Å². The molecule has 0 aliphatic heterocycles. The van der Waals surface area contributed by atoms with Crippen LogP contribution < -0.4 is 10.1 Å². The van der Waals surface area contributed by atoms with Gasteiger partial charge in [0.15, 0.2) is 0 Å². The Hall–Kier alpha value is -2.53. The molecule has 0 radical (unpaired) electrons. The smallest absolute Gasteiger partial charge is 0.203 e. The van der Waals surface area contributed by atoms with Crippen molar-refractivity contribution in [3.05, 3.63) is 65.1 Å². The van der Waals surface area contributed by atoms with Crippen LogP contribution in [-0.2, 0) is 13.6 Å². The predicted octanol–water partition coefficient (Wildman–Crippen LogP) is 4.50. The standard InChI is InChI=1S/C18H17ClFN3O/c1-23-17(12-6-8-13(24-2)9-7-12)11-22-18(23)21-10-14-15(19)4-3-5-16(14)20/h3-9,11H,10H2,1-2H3,(H,21,22). The second-order valence-corrected chi connectivity index (χ2v) is 5.72. The van der Waals surface area contributed by atoms with Crippen LogP contribution in [0.5, 0.6) is 5.75 Å². The fourth-order valence-electron chi connectivity index (χ4n) is 2.47. The molecule has 2 aromatic carbocycles. The molecule has 6 heteroatoms. The van der Waals surface area contributed by atoms with Crippen LogP contribution in [0.4, 0.5) is 10.3 Å². The van der Waals surface area contributed by atoms with Gasteiger partial charge in [-0.2, -0.15) is 0 Å². The third-order valence-corrected chi connectivity index (χ3v) is 4.21. The van der Waals surface area contributed by atoms with Gasteiger partial charge in [0.05, 0.1) is 19.0 Å². The first kappa shape index (κ1) is 16.3. The molecule has 0 bridgehead atoms. The summed E-state index contributed by atoms with van der Waals surface area (Å²) >= 11 is 6.05. The van der Waals surface area contributed by atoms with E-state index in [-0.39, 0.29) is 12.4 Å². The van der Waals surface area contributed by atoms with Crippen molar-refractivity contribution in [3.8, 4) is 17.0 Å². The molecule has 4 nitrogen and oxygen atoms in total. The molecule has 0 fully saturated rings. The highest BCUT2D eigenvalue weighted by atomic mass is 35.5. The van der Waals surface area contributed by atoms with Crippen LogP contribution in [0.15, 0.2) is 48.7 Å². The van der Waals surface area contributed by atoms with Gasteiger partial charge in [0.25, 0.3) is 0 Å². The number of anilines is 1. The van der Waals surface area contributed by atoms with Crippen molar-refractivity contribution in [2.45, 2.75) is 6.54 Å². The molecule has 1 aromatic heterocycles. The summed E-state index contributed by atoms with van der Waals surface area (Å²) in [6.07, 6.45) is 1.77. The highest BCUT2D eigenvalue weighted by molar-refractivity contribution is 6.31. The largest absolute Gasteiger partial charge is 0.497 e. The highest BCUT2D eigenvalue weighted by Gasteiger charge is 2.11. The molecular weight excluding hydrogens is 329 g/mol. The van der Waals surface area contributed by atoms with Gasteiger partial charge < -0.3 is 14.6 Å². The second kappa shape index (κ2) is 6.93. The lowest BCUT2D eigenvalue weighted by molar-refractivity contribution is 0.415. The molecule has 1 N–H and O–H groups in total. The molecule has 0 aliphatic carbocycles. The number of imidazole rings is 1. The number of hydrogen-bond donors (Lipinski definition) is 1. The normalized spacial score (nSPS) is 10.7. The van der Waals surface area contributed by atoms with Crippen LogP contribution >= 0.6 is 11.6 Å². The van der Waals surface area contributed by atoms with Crippen LogP contribution in [0.25, 0.3) is 11.3 Å². The van der Waals surface area contributed by atoms with Crippen molar-refractivity contribution < 1.29 is 9.13 Å². The number of rotatable bonds is 5. The Morgan fingerprint density at radius 1 is 1.21 bits per heavy atom. The van der Waals surface area contributed by atoms with Crippen LogP contribution in [-0.4, -0.2) is 16.7 Å². The van der Waals surface area contributed by atoms with Crippen molar-refractivity contribution in [2.24, 2.45) is 7.05 Å². The molecule has 0 unspecified atom stereocenters. The Bertz CT molecular complexity index is 826. The van der Waals surface area contributed by atoms with Gasteiger partial charge in [-0.1, -0.05) is 17.7 Å². The summed E-state index contributed by atoms with van der Waals surface area (Å²) in [5.74, 6) is 1.10. The molecular formula is C18H17ClFN3O. The van der Waals surface area contributed by atoms with E-state index in [0.717, 1.165) is 17.0 Å². The molecule has 0 aliphatic rings. The molecule has 0 atom stereocenters. The van der Waals surface area contributed by atoms with E-state index >= 15 is 0 Å². The van der Waals surface area contributed by atoms with Crippen molar-refractivity contribution in [1.29, 1.82) is 0 Å². The van der Waals surface area contributed by atoms with Gasteiger partial charge in [-0.15, -0.1) is 0 Å². The zero-order valence-corrected chi connectivity index (χ0v) is 14.1. The number of nitrogens with one attached hydrogen (secondary N) is 1. The van der Waals surface area contributed by atoms with Gasteiger partial charge >= 0.3 is 0 Å². The van der Waals surface area contributed by atoms with Gasteiger partial charge in [0.2, 0.25) is 5.95 Å². The molecule has 1 heterocycles. The molecule has 3 rings (SSSR count). The van der Waals surface area contributed by atoms with E-state index in [2.05, 4.69) is 10.3 Å². The summed E-state index contributed by atoms with van der Waals surface area (Å²) in [7, 11) is 3.53. The molecule has 3 aromatic rings. The lowest BCUT2D eigenvalue weighted by Gasteiger charge is -2.10. The first-order valence-electron chi connectivity index (χ1n) is 7.43. The van der Waals surface area contributed by atoms with Crippen molar-refractivity contribution in [2.75, 3.05) is 12.4 Å². The molecule has 0 saturated heterocycles. The first-order chi connectivity index (χ1) is 11.6. The number of hydrogen-bond acceptors (Lipinski definition) is 3. The molecule has 124 valence electrons. The number of ether oxygens (including phenoxy) is 1. The van der Waals surface area contributed by atoms with Crippen LogP contribution in [0.1, 0.15) is 5.56 Å². The Kier molecular flexibility index (Phi) is 4.71. The van der Waals surface area contributed by atoms with E-state index in [9.17, 15) is 4.39 Å². The minimum absolute atomic E-state index is 0.262. The third-order valence-electron chi connectivity index (χ3n) is 3.86. The van der Waals surface area contributed by atoms with Gasteiger partial charge in [0.1, 0.15) is 11.6 Å². The average molecular weight is 346 g/mol. The fourth-order valence-corrected chi connectivity index (χ4v) is 2.70. The van der Waals surface area contributed by atoms with E-state index in [1.807, 2.05) is 35.9 Å². The minimum atomic E-state index is -0.334. The zero-order chi connectivity index (χ0) is 17.1. The Labute approximate surface area is 144 Å². The van der Waals surface area contributed by atoms with Crippen molar-refractivity contribution >= 4 is 17.5 Å². The first-order valence-corrected chi connectivity index (χ1v) is 7.81. The van der Waals surface area contributed by atoms with Crippen LogP contribution in [0.3, 0.4) is 0 Å². The predicted molar refractivity (Wildman–Crippen MR) is 93.9 cm³/mol. The number of benzene rings is 2. The number of aromatic nitrogens is 2. The molecule has 0 saturated carbocycles. The Balaban J connectivity index is 1.80. The average Bonchev–Trinajstić information content (AvgIpc) is 2.95. The second-order valence-electron chi connectivity index (χ2n) is 5.31. The van der Waals surface area contributed by atoms with E-state index in [1.54, 1.807) is 25.4 Å². The summed E-state index contributed by atoms with van der Waals surface area (Å²) in [5, 5.41) is 3.52. The van der Waals surface area contributed by atoms with Gasteiger partial charge in [-0.05, 0) is 36.4 Å². The van der Waals surface area contributed by atoms with E-state index in [1.165, 1.54) is 6.07 Å². The number of methoxy groups -OCH3 is 1. The van der Waals surface area contributed by atoms with E-state index in [4.69, 9.17) is 16.3 Å². The van der Waals surface area contributed by atoms with E-state index in [0.29, 0.717) is 16.5 Å². The van der Waals surface area contributed by atoms with Crippen molar-refractivity contribution in [1.82, 2.24) is 9.55 Å². The zero-order valence-electron chi connectivity index (χ0n) is 13.4. The maximum atomic E-state index is 13.8. The van der Waals surface area contributed by atoms with E-state index < -0.39 is 0 Å². The van der Waals surface area contributed by atoms with Gasteiger partial charge in [-0.25, -0.2) is 9.37 Å². The summed E-state index contributed by atoms with van der Waals surface area (Å²) in [6.45, 7) is 0.262. The van der Waals surface area contributed by atoms with Crippen LogP contribution in [0, 0.1) is 5.82 Å². The maximum Gasteiger partial charge on any atom is 0.203 e. The lowest BCUT2D eigenvalue weighted by Crippen LogP contribution is -2.07. The Morgan fingerprint density at radius 3 is 2.62 bits per heavy atom. The highest BCUT2D eigenvalue weighted by Crippen LogP contribution is 2.25. The minimum Gasteiger partial charge on any atom is -0.497 e. The lowest BCUT2D eigenvalue weighted by atomic mass is 10.1. The number of nitrogens with zero attached hydrogens (tertiary/aromatic N) is 2.